The zero-order valence-electron chi connectivity index (χ0n) is 16.7. The third-order valence-electron chi connectivity index (χ3n) is 5.57. The highest BCUT2D eigenvalue weighted by molar-refractivity contribution is 7.22. The summed E-state index contributed by atoms with van der Waals surface area (Å²) in [6, 6.07) is 8.86. The molecule has 1 saturated heterocycles. The minimum atomic E-state index is 0.992. The highest BCUT2D eigenvalue weighted by Gasteiger charge is 2.23. The van der Waals surface area contributed by atoms with Gasteiger partial charge in [-0.1, -0.05) is 40.9 Å². The predicted octanol–water partition coefficient (Wildman–Crippen LogP) is 5.47. The van der Waals surface area contributed by atoms with Crippen molar-refractivity contribution in [3.05, 3.63) is 46.5 Å². The SMILES string of the molecule is Cc1cc(C)c2nc(N3CCN(c4nc5c(C)ccc(C)c5s4)CC3)sc2c1. The fourth-order valence-electron chi connectivity index (χ4n) is 3.97. The van der Waals surface area contributed by atoms with Crippen molar-refractivity contribution >= 4 is 53.4 Å². The molecule has 0 N–H and O–H groups in total. The zero-order chi connectivity index (χ0) is 19.4. The minimum absolute atomic E-state index is 0.992. The average molecular weight is 409 g/mol. The number of hydrogen-bond donors (Lipinski definition) is 0. The highest BCUT2D eigenvalue weighted by atomic mass is 32.1. The summed E-state index contributed by atoms with van der Waals surface area (Å²) in [7, 11) is 0. The number of anilines is 2. The molecule has 2 aromatic heterocycles. The van der Waals surface area contributed by atoms with Gasteiger partial charge in [-0.05, 0) is 56.0 Å². The van der Waals surface area contributed by atoms with Crippen LogP contribution in [0.4, 0.5) is 10.3 Å². The molecule has 0 bridgehead atoms. The molecule has 0 spiro atoms. The Bertz CT molecular complexity index is 1140. The van der Waals surface area contributed by atoms with Gasteiger partial charge in [0.1, 0.15) is 0 Å². The van der Waals surface area contributed by atoms with Crippen LogP contribution in [0.2, 0.25) is 0 Å². The van der Waals surface area contributed by atoms with Crippen LogP contribution in [0.3, 0.4) is 0 Å². The van der Waals surface area contributed by atoms with Gasteiger partial charge < -0.3 is 9.80 Å². The molecule has 28 heavy (non-hydrogen) atoms. The van der Waals surface area contributed by atoms with Gasteiger partial charge >= 0.3 is 0 Å². The van der Waals surface area contributed by atoms with Gasteiger partial charge in [0, 0.05) is 26.2 Å². The van der Waals surface area contributed by atoms with Crippen molar-refractivity contribution in [1.82, 2.24) is 9.97 Å². The topological polar surface area (TPSA) is 32.3 Å². The van der Waals surface area contributed by atoms with E-state index >= 15 is 0 Å². The Labute approximate surface area is 173 Å². The van der Waals surface area contributed by atoms with Gasteiger partial charge in [0.15, 0.2) is 10.3 Å². The summed E-state index contributed by atoms with van der Waals surface area (Å²) in [5, 5.41) is 2.31. The Morgan fingerprint density at radius 1 is 0.714 bits per heavy atom. The van der Waals surface area contributed by atoms with Crippen LogP contribution >= 0.6 is 22.7 Å². The molecule has 2 aromatic carbocycles. The lowest BCUT2D eigenvalue weighted by Crippen LogP contribution is -2.46. The summed E-state index contributed by atoms with van der Waals surface area (Å²) < 4.78 is 2.63. The first-order chi connectivity index (χ1) is 13.5. The average Bonchev–Trinajstić information content (AvgIpc) is 3.30. The van der Waals surface area contributed by atoms with Crippen LogP contribution in [0.5, 0.6) is 0 Å². The highest BCUT2D eigenvalue weighted by Crippen LogP contribution is 2.35. The first kappa shape index (κ1) is 17.9. The summed E-state index contributed by atoms with van der Waals surface area (Å²) >= 11 is 3.65. The van der Waals surface area contributed by atoms with Crippen LogP contribution < -0.4 is 9.80 Å². The first-order valence-electron chi connectivity index (χ1n) is 9.74. The van der Waals surface area contributed by atoms with Gasteiger partial charge in [0.2, 0.25) is 0 Å². The van der Waals surface area contributed by atoms with Crippen molar-refractivity contribution in [2.24, 2.45) is 0 Å². The van der Waals surface area contributed by atoms with E-state index in [0.29, 0.717) is 0 Å². The van der Waals surface area contributed by atoms with Crippen LogP contribution in [0.1, 0.15) is 22.3 Å². The van der Waals surface area contributed by atoms with Crippen molar-refractivity contribution in [2.75, 3.05) is 36.0 Å². The maximum Gasteiger partial charge on any atom is 0.186 e. The van der Waals surface area contributed by atoms with Crippen molar-refractivity contribution in [1.29, 1.82) is 0 Å². The van der Waals surface area contributed by atoms with Crippen molar-refractivity contribution in [3.63, 3.8) is 0 Å². The second kappa shape index (κ2) is 6.71. The van der Waals surface area contributed by atoms with E-state index in [1.54, 1.807) is 0 Å². The standard InChI is InChI=1S/C22H24N4S2/c1-13-11-16(4)18-17(12-13)27-21(23-18)25-7-9-26(10-8-25)22-24-19-14(2)5-6-15(3)20(19)28-22/h5-6,11-12H,7-10H2,1-4H3. The molecule has 1 aliphatic heterocycles. The Kier molecular flexibility index (Phi) is 4.29. The van der Waals surface area contributed by atoms with Gasteiger partial charge in [0.05, 0.1) is 20.4 Å². The van der Waals surface area contributed by atoms with Crippen molar-refractivity contribution in [2.45, 2.75) is 27.7 Å². The van der Waals surface area contributed by atoms with Gasteiger partial charge in [-0.15, -0.1) is 0 Å². The van der Waals surface area contributed by atoms with E-state index in [2.05, 4.69) is 61.8 Å². The minimum Gasteiger partial charge on any atom is -0.345 e. The summed E-state index contributed by atoms with van der Waals surface area (Å²) in [5.41, 5.74) is 7.50. The summed E-state index contributed by atoms with van der Waals surface area (Å²) in [4.78, 5) is 14.8. The van der Waals surface area contributed by atoms with Gasteiger partial charge in [-0.3, -0.25) is 0 Å². The Morgan fingerprint density at radius 3 is 2.00 bits per heavy atom. The van der Waals surface area contributed by atoms with E-state index in [9.17, 15) is 0 Å². The third-order valence-corrected chi connectivity index (χ3v) is 7.88. The number of thiazole rings is 2. The van der Waals surface area contributed by atoms with E-state index in [4.69, 9.17) is 9.97 Å². The quantitative estimate of drug-likeness (QED) is 0.440. The van der Waals surface area contributed by atoms with Gasteiger partial charge in [-0.2, -0.15) is 0 Å². The van der Waals surface area contributed by atoms with E-state index in [-0.39, 0.29) is 0 Å². The Hall–Kier alpha value is -2.18. The summed E-state index contributed by atoms with van der Waals surface area (Å²) in [6.07, 6.45) is 0. The molecule has 0 unspecified atom stereocenters. The number of fused-ring (bicyclic) bond motifs is 2. The van der Waals surface area contributed by atoms with Gasteiger partial charge in [-0.25, -0.2) is 9.97 Å². The molecule has 5 rings (SSSR count). The first-order valence-corrected chi connectivity index (χ1v) is 11.4. The molecule has 3 heterocycles. The smallest absolute Gasteiger partial charge is 0.186 e. The fourth-order valence-corrected chi connectivity index (χ4v) is 6.32. The number of aryl methyl sites for hydroxylation is 4. The van der Waals surface area contributed by atoms with Crippen molar-refractivity contribution in [3.8, 4) is 0 Å². The van der Waals surface area contributed by atoms with Gasteiger partial charge in [0.25, 0.3) is 0 Å². The summed E-state index contributed by atoms with van der Waals surface area (Å²) in [6.45, 7) is 12.6. The number of hydrogen-bond acceptors (Lipinski definition) is 6. The summed E-state index contributed by atoms with van der Waals surface area (Å²) in [5.74, 6) is 0. The van der Waals surface area contributed by atoms with Crippen LogP contribution in [-0.4, -0.2) is 36.1 Å². The fraction of sp³-hybridized carbons (Fsp3) is 0.364. The molecule has 6 heteroatoms. The van der Waals surface area contributed by atoms with Crippen LogP contribution in [0, 0.1) is 27.7 Å². The van der Waals surface area contributed by atoms with E-state index in [1.807, 2.05) is 22.7 Å². The number of rotatable bonds is 2. The third kappa shape index (κ3) is 2.95. The zero-order valence-corrected chi connectivity index (χ0v) is 18.4. The molecular formula is C22H24N4S2. The lowest BCUT2D eigenvalue weighted by molar-refractivity contribution is 0.651. The molecular weight excluding hydrogens is 384 g/mol. The van der Waals surface area contributed by atoms with E-state index < -0.39 is 0 Å². The van der Waals surface area contributed by atoms with Crippen molar-refractivity contribution < 1.29 is 0 Å². The largest absolute Gasteiger partial charge is 0.345 e. The number of piperazine rings is 1. The van der Waals surface area contributed by atoms with Crippen LogP contribution in [0.25, 0.3) is 20.4 Å². The molecule has 0 aliphatic carbocycles. The molecule has 1 fully saturated rings. The normalized spacial score (nSPS) is 15.1. The molecule has 0 amide bonds. The van der Waals surface area contributed by atoms with E-state index in [0.717, 1.165) is 42.0 Å². The molecule has 4 nitrogen and oxygen atoms in total. The second-order valence-corrected chi connectivity index (χ2v) is 9.76. The Morgan fingerprint density at radius 2 is 1.32 bits per heavy atom. The van der Waals surface area contributed by atoms with Crippen LogP contribution in [0.15, 0.2) is 24.3 Å². The molecule has 144 valence electrons. The molecule has 0 saturated carbocycles. The molecule has 4 aromatic rings. The maximum atomic E-state index is 4.96. The molecule has 1 aliphatic rings. The molecule has 0 atom stereocenters. The second-order valence-electron chi connectivity index (χ2n) is 7.77. The number of aromatic nitrogens is 2. The monoisotopic (exact) mass is 408 g/mol. The lowest BCUT2D eigenvalue weighted by atomic mass is 10.1. The lowest BCUT2D eigenvalue weighted by Gasteiger charge is -2.34. The maximum absolute atomic E-state index is 4.96. The number of benzene rings is 2. The van der Waals surface area contributed by atoms with E-state index in [1.165, 1.54) is 37.2 Å². The van der Waals surface area contributed by atoms with Crippen LogP contribution in [-0.2, 0) is 0 Å². The predicted molar refractivity (Wildman–Crippen MR) is 123 cm³/mol. The number of nitrogens with zero attached hydrogens (tertiary/aromatic N) is 4. The molecule has 0 radical (unpaired) electrons. The Balaban J connectivity index is 1.37.